The van der Waals surface area contributed by atoms with Gasteiger partial charge in [0.15, 0.2) is 0 Å². The first-order chi connectivity index (χ1) is 11.7. The van der Waals surface area contributed by atoms with Crippen molar-refractivity contribution < 1.29 is 4.79 Å². The van der Waals surface area contributed by atoms with Gasteiger partial charge in [-0.1, -0.05) is 37.3 Å². The predicted molar refractivity (Wildman–Crippen MR) is 98.9 cm³/mol. The molecule has 4 heteroatoms. The summed E-state index contributed by atoms with van der Waals surface area (Å²) in [6, 6.07) is 15.0. The number of carbonyl (C=O) groups is 1. The van der Waals surface area contributed by atoms with E-state index in [9.17, 15) is 4.79 Å². The first kappa shape index (κ1) is 15.9. The van der Waals surface area contributed by atoms with E-state index in [0.29, 0.717) is 17.7 Å². The van der Waals surface area contributed by atoms with Crippen molar-refractivity contribution in [3.63, 3.8) is 0 Å². The van der Waals surface area contributed by atoms with Crippen LogP contribution in [-0.4, -0.2) is 41.9 Å². The van der Waals surface area contributed by atoms with Crippen molar-refractivity contribution >= 4 is 17.2 Å². The van der Waals surface area contributed by atoms with E-state index in [0.717, 1.165) is 39.1 Å². The molecule has 2 fully saturated rings. The van der Waals surface area contributed by atoms with Crippen LogP contribution >= 0.6 is 11.3 Å². The van der Waals surface area contributed by atoms with Crippen molar-refractivity contribution in [2.24, 2.45) is 11.8 Å². The molecule has 126 valence electrons. The number of piperazine rings is 1. The molecule has 4 rings (SSSR count). The van der Waals surface area contributed by atoms with Crippen LogP contribution in [0.1, 0.15) is 18.2 Å². The Morgan fingerprint density at radius 1 is 1.08 bits per heavy atom. The second-order valence-electron chi connectivity index (χ2n) is 7.05. The third-order valence-corrected chi connectivity index (χ3v) is 6.33. The Morgan fingerprint density at radius 3 is 2.46 bits per heavy atom. The zero-order chi connectivity index (χ0) is 16.5. The van der Waals surface area contributed by atoms with Gasteiger partial charge in [0.25, 0.3) is 0 Å². The van der Waals surface area contributed by atoms with Gasteiger partial charge in [-0.3, -0.25) is 9.69 Å². The maximum Gasteiger partial charge on any atom is 0.226 e. The van der Waals surface area contributed by atoms with Gasteiger partial charge >= 0.3 is 0 Å². The maximum atomic E-state index is 12.3. The molecule has 0 bridgehead atoms. The summed E-state index contributed by atoms with van der Waals surface area (Å²) in [6.45, 7) is 6.94. The van der Waals surface area contributed by atoms with E-state index >= 15 is 0 Å². The van der Waals surface area contributed by atoms with Crippen LogP contribution in [0.2, 0.25) is 0 Å². The van der Waals surface area contributed by atoms with Crippen molar-refractivity contribution in [2.45, 2.75) is 19.9 Å². The highest BCUT2D eigenvalue weighted by Crippen LogP contribution is 2.39. The maximum absolute atomic E-state index is 12.3. The molecule has 3 nitrogen and oxygen atoms in total. The number of carbonyl (C=O) groups excluding carboxylic acids is 1. The van der Waals surface area contributed by atoms with Gasteiger partial charge in [0, 0.05) is 48.4 Å². The van der Waals surface area contributed by atoms with Crippen LogP contribution in [0, 0.1) is 11.8 Å². The van der Waals surface area contributed by atoms with Crippen LogP contribution in [0.3, 0.4) is 0 Å². The summed E-state index contributed by atoms with van der Waals surface area (Å²) >= 11 is 1.88. The second kappa shape index (κ2) is 6.69. The van der Waals surface area contributed by atoms with E-state index in [1.807, 2.05) is 11.3 Å². The molecule has 1 aromatic heterocycles. The fraction of sp³-hybridized carbons (Fsp3) is 0.450. The smallest absolute Gasteiger partial charge is 0.226 e. The number of amides is 1. The highest BCUT2D eigenvalue weighted by Gasteiger charge is 2.41. The third-order valence-electron chi connectivity index (χ3n) is 5.21. The van der Waals surface area contributed by atoms with Crippen molar-refractivity contribution in [2.75, 3.05) is 26.2 Å². The summed E-state index contributed by atoms with van der Waals surface area (Å²) in [5.74, 6) is 1.32. The molecule has 2 aliphatic rings. The summed E-state index contributed by atoms with van der Waals surface area (Å²) < 4.78 is 0. The van der Waals surface area contributed by atoms with E-state index in [4.69, 9.17) is 0 Å². The van der Waals surface area contributed by atoms with Crippen LogP contribution in [-0.2, 0) is 11.3 Å². The fourth-order valence-corrected chi connectivity index (χ4v) is 4.52. The van der Waals surface area contributed by atoms with E-state index in [1.165, 1.54) is 15.3 Å². The summed E-state index contributed by atoms with van der Waals surface area (Å²) in [7, 11) is 0. The van der Waals surface area contributed by atoms with Crippen LogP contribution in [0.4, 0.5) is 0 Å². The molecule has 1 aliphatic carbocycles. The molecule has 1 amide bonds. The van der Waals surface area contributed by atoms with E-state index in [-0.39, 0.29) is 0 Å². The first-order valence-electron chi connectivity index (χ1n) is 8.86. The Kier molecular flexibility index (Phi) is 4.42. The van der Waals surface area contributed by atoms with Crippen LogP contribution in [0.15, 0.2) is 42.5 Å². The van der Waals surface area contributed by atoms with E-state index in [2.05, 4.69) is 59.2 Å². The highest BCUT2D eigenvalue weighted by molar-refractivity contribution is 7.15. The van der Waals surface area contributed by atoms with Gasteiger partial charge in [-0.05, 0) is 30.0 Å². The lowest BCUT2D eigenvalue weighted by Crippen LogP contribution is -2.48. The molecular formula is C20H24N2OS. The van der Waals surface area contributed by atoms with E-state index in [1.54, 1.807) is 0 Å². The molecule has 1 aliphatic heterocycles. The summed E-state index contributed by atoms with van der Waals surface area (Å²) in [4.78, 5) is 19.6. The fourth-order valence-electron chi connectivity index (χ4n) is 3.47. The lowest BCUT2D eigenvalue weighted by atomic mass is 10.2. The molecule has 1 saturated carbocycles. The number of thiophene rings is 1. The van der Waals surface area contributed by atoms with Crippen molar-refractivity contribution in [1.29, 1.82) is 0 Å². The molecule has 0 unspecified atom stereocenters. The van der Waals surface area contributed by atoms with Crippen molar-refractivity contribution in [3.05, 3.63) is 47.3 Å². The minimum atomic E-state index is 0.322. The molecule has 1 saturated heterocycles. The normalized spacial score (nSPS) is 24.1. The van der Waals surface area contributed by atoms with Gasteiger partial charge < -0.3 is 4.90 Å². The molecule has 0 N–H and O–H groups in total. The summed E-state index contributed by atoms with van der Waals surface area (Å²) in [6.07, 6.45) is 1.09. The largest absolute Gasteiger partial charge is 0.340 e. The van der Waals surface area contributed by atoms with Gasteiger partial charge in [0.2, 0.25) is 5.91 Å². The highest BCUT2D eigenvalue weighted by atomic mass is 32.1. The van der Waals surface area contributed by atoms with Gasteiger partial charge in [0.05, 0.1) is 0 Å². The third kappa shape index (κ3) is 3.40. The Hall–Kier alpha value is -1.65. The molecule has 0 spiro atoms. The van der Waals surface area contributed by atoms with E-state index < -0.39 is 0 Å². The molecule has 0 radical (unpaired) electrons. The Balaban J connectivity index is 1.31. The molecule has 2 aromatic rings. The standard InChI is InChI=1S/C20H24N2OS/c1-15-13-18(15)20(23)22-11-9-21(10-12-22)14-17-7-8-19(24-17)16-5-3-2-4-6-16/h2-8,15,18H,9-14H2,1H3/t15-,18+/m1/s1. The lowest BCUT2D eigenvalue weighted by molar-refractivity contribution is -0.134. The zero-order valence-corrected chi connectivity index (χ0v) is 15.0. The molecule has 2 heterocycles. The number of hydrogen-bond acceptors (Lipinski definition) is 3. The van der Waals surface area contributed by atoms with Crippen LogP contribution < -0.4 is 0 Å². The average molecular weight is 340 g/mol. The lowest BCUT2D eigenvalue weighted by Gasteiger charge is -2.34. The monoisotopic (exact) mass is 340 g/mol. The predicted octanol–water partition coefficient (Wildman–Crippen LogP) is 3.72. The number of hydrogen-bond donors (Lipinski definition) is 0. The van der Waals surface area contributed by atoms with Crippen molar-refractivity contribution in [3.8, 4) is 10.4 Å². The molecule has 1 aromatic carbocycles. The average Bonchev–Trinajstić information content (AvgIpc) is 3.17. The Bertz CT molecular complexity index is 703. The topological polar surface area (TPSA) is 23.6 Å². The first-order valence-corrected chi connectivity index (χ1v) is 9.67. The zero-order valence-electron chi connectivity index (χ0n) is 14.1. The Labute approximate surface area is 147 Å². The molecule has 2 atom stereocenters. The number of rotatable bonds is 4. The van der Waals surface area contributed by atoms with Gasteiger partial charge in [-0.15, -0.1) is 11.3 Å². The minimum Gasteiger partial charge on any atom is -0.340 e. The SMILES string of the molecule is C[C@@H]1C[C@@H]1C(=O)N1CCN(Cc2ccc(-c3ccccc3)s2)CC1. The van der Waals surface area contributed by atoms with Gasteiger partial charge in [-0.2, -0.15) is 0 Å². The summed E-state index contributed by atoms with van der Waals surface area (Å²) in [5.41, 5.74) is 1.29. The van der Waals surface area contributed by atoms with Gasteiger partial charge in [-0.25, -0.2) is 0 Å². The quantitative estimate of drug-likeness (QED) is 0.847. The summed E-state index contributed by atoms with van der Waals surface area (Å²) in [5, 5.41) is 0. The van der Waals surface area contributed by atoms with Crippen LogP contribution in [0.5, 0.6) is 0 Å². The molecule has 24 heavy (non-hydrogen) atoms. The molecular weight excluding hydrogens is 316 g/mol. The Morgan fingerprint density at radius 2 is 1.79 bits per heavy atom. The number of nitrogens with zero attached hydrogens (tertiary/aromatic N) is 2. The second-order valence-corrected chi connectivity index (χ2v) is 8.22. The van der Waals surface area contributed by atoms with Gasteiger partial charge in [0.1, 0.15) is 0 Å². The number of benzene rings is 1. The minimum absolute atomic E-state index is 0.322. The van der Waals surface area contributed by atoms with Crippen molar-refractivity contribution in [1.82, 2.24) is 9.80 Å². The van der Waals surface area contributed by atoms with Crippen LogP contribution in [0.25, 0.3) is 10.4 Å².